The van der Waals surface area contributed by atoms with Gasteiger partial charge in [0, 0.05) is 21.9 Å². The molecular formula is C10H4O2S2. The number of rotatable bonds is 0. The molecule has 0 unspecified atom stereocenters. The van der Waals surface area contributed by atoms with E-state index in [0.717, 1.165) is 20.2 Å². The zero-order chi connectivity index (χ0) is 9.71. The molecule has 2 aliphatic heterocycles. The summed E-state index contributed by atoms with van der Waals surface area (Å²) in [7, 11) is 0. The summed E-state index contributed by atoms with van der Waals surface area (Å²) in [5, 5.41) is 2.02. The van der Waals surface area contributed by atoms with E-state index in [0.29, 0.717) is 0 Å². The van der Waals surface area contributed by atoms with Crippen molar-refractivity contribution in [3.8, 4) is 0 Å². The van der Waals surface area contributed by atoms with Crippen LogP contribution in [0.15, 0.2) is 21.9 Å². The van der Waals surface area contributed by atoms with Gasteiger partial charge in [0.25, 0.3) is 0 Å². The van der Waals surface area contributed by atoms with E-state index in [1.165, 1.54) is 23.5 Å². The van der Waals surface area contributed by atoms with Crippen molar-refractivity contribution in [2.75, 3.05) is 0 Å². The van der Waals surface area contributed by atoms with Gasteiger partial charge in [0.2, 0.25) is 10.2 Å². The SMILES string of the molecule is O=C1C=c2cc3c(cc2S1)=CC(=O)S3. The molecule has 0 bridgehead atoms. The summed E-state index contributed by atoms with van der Waals surface area (Å²) < 4.78 is 0. The Morgan fingerprint density at radius 1 is 0.786 bits per heavy atom. The molecule has 3 rings (SSSR count). The zero-order valence-electron chi connectivity index (χ0n) is 6.94. The standard InChI is InChI=1S/C10H4O2S2/c11-9-3-5-1-7-6(2-8(5)14-9)4-10(12)13-7/h1-4H. The van der Waals surface area contributed by atoms with Gasteiger partial charge in [-0.3, -0.25) is 9.59 Å². The lowest BCUT2D eigenvalue weighted by molar-refractivity contribution is -0.106. The van der Waals surface area contributed by atoms with Crippen molar-refractivity contribution in [1.29, 1.82) is 0 Å². The number of thioether (sulfide) groups is 2. The predicted octanol–water partition coefficient (Wildman–Crippen LogP) is 0.512. The fourth-order valence-corrected chi connectivity index (χ4v) is 3.17. The first-order valence-corrected chi connectivity index (χ1v) is 5.67. The molecule has 0 saturated carbocycles. The summed E-state index contributed by atoms with van der Waals surface area (Å²) in [4.78, 5) is 24.2. The van der Waals surface area contributed by atoms with Crippen LogP contribution in [-0.2, 0) is 9.59 Å². The van der Waals surface area contributed by atoms with Gasteiger partial charge in [-0.15, -0.1) is 0 Å². The molecule has 0 spiro atoms. The Morgan fingerprint density at radius 3 is 1.64 bits per heavy atom. The molecule has 0 aromatic heterocycles. The maximum atomic E-state index is 11.1. The second kappa shape index (κ2) is 2.74. The Kier molecular flexibility index (Phi) is 1.63. The van der Waals surface area contributed by atoms with Gasteiger partial charge in [-0.1, -0.05) is 0 Å². The lowest BCUT2D eigenvalue weighted by Gasteiger charge is -1.94. The number of hydrogen-bond donors (Lipinski definition) is 0. The molecule has 0 radical (unpaired) electrons. The summed E-state index contributed by atoms with van der Waals surface area (Å²) in [6.45, 7) is 0. The average molecular weight is 220 g/mol. The third-order valence-electron chi connectivity index (χ3n) is 2.11. The van der Waals surface area contributed by atoms with Crippen LogP contribution in [0.2, 0.25) is 0 Å². The highest BCUT2D eigenvalue weighted by Crippen LogP contribution is 2.24. The van der Waals surface area contributed by atoms with Crippen molar-refractivity contribution in [2.45, 2.75) is 9.79 Å². The second-order valence-electron chi connectivity index (χ2n) is 3.06. The van der Waals surface area contributed by atoms with Crippen molar-refractivity contribution >= 4 is 45.9 Å². The van der Waals surface area contributed by atoms with Crippen LogP contribution < -0.4 is 10.4 Å². The molecule has 2 aliphatic rings. The second-order valence-corrected chi connectivity index (χ2v) is 5.15. The molecule has 68 valence electrons. The van der Waals surface area contributed by atoms with Crippen molar-refractivity contribution in [1.82, 2.24) is 0 Å². The van der Waals surface area contributed by atoms with E-state index < -0.39 is 0 Å². The molecule has 0 N–H and O–H groups in total. The molecule has 0 aliphatic carbocycles. The van der Waals surface area contributed by atoms with Gasteiger partial charge in [0.05, 0.1) is 0 Å². The van der Waals surface area contributed by atoms with Gasteiger partial charge in [-0.2, -0.15) is 0 Å². The quantitative estimate of drug-likeness (QED) is 0.638. The average Bonchev–Trinajstić information content (AvgIpc) is 2.59. The Morgan fingerprint density at radius 2 is 1.21 bits per heavy atom. The van der Waals surface area contributed by atoms with Gasteiger partial charge < -0.3 is 0 Å². The van der Waals surface area contributed by atoms with Gasteiger partial charge in [-0.05, 0) is 46.1 Å². The number of benzene rings is 1. The number of carbonyl (C=O) groups excluding carboxylic acids is 2. The lowest BCUT2D eigenvalue weighted by Crippen LogP contribution is -2.09. The summed E-state index contributed by atoms with van der Waals surface area (Å²) in [6.07, 6.45) is 3.23. The first-order valence-electron chi connectivity index (χ1n) is 4.03. The molecule has 0 fully saturated rings. The molecule has 2 nitrogen and oxygen atoms in total. The van der Waals surface area contributed by atoms with Crippen molar-refractivity contribution in [2.24, 2.45) is 0 Å². The summed E-state index contributed by atoms with van der Waals surface area (Å²) in [6, 6.07) is 3.82. The number of hydrogen-bond acceptors (Lipinski definition) is 4. The van der Waals surface area contributed by atoms with Crippen LogP contribution in [0.3, 0.4) is 0 Å². The molecule has 2 heterocycles. The predicted molar refractivity (Wildman–Crippen MR) is 56.4 cm³/mol. The third kappa shape index (κ3) is 1.14. The van der Waals surface area contributed by atoms with Gasteiger partial charge in [0.1, 0.15) is 0 Å². The lowest BCUT2D eigenvalue weighted by atomic mass is 10.2. The monoisotopic (exact) mass is 220 g/mol. The fraction of sp³-hybridized carbons (Fsp3) is 0. The van der Waals surface area contributed by atoms with E-state index in [1.54, 1.807) is 12.2 Å². The van der Waals surface area contributed by atoms with E-state index >= 15 is 0 Å². The largest absolute Gasteiger partial charge is 0.282 e. The Balaban J connectivity index is 2.33. The van der Waals surface area contributed by atoms with Crippen LogP contribution in [0, 0.1) is 0 Å². The van der Waals surface area contributed by atoms with E-state index in [9.17, 15) is 9.59 Å². The van der Waals surface area contributed by atoms with Crippen LogP contribution in [0.5, 0.6) is 0 Å². The van der Waals surface area contributed by atoms with Crippen molar-refractivity contribution in [3.63, 3.8) is 0 Å². The minimum atomic E-state index is 0.0694. The molecule has 1 aromatic carbocycles. The fourth-order valence-electron chi connectivity index (χ4n) is 1.52. The Bertz CT molecular complexity index is 533. The minimum Gasteiger partial charge on any atom is -0.282 e. The van der Waals surface area contributed by atoms with Crippen LogP contribution >= 0.6 is 23.5 Å². The van der Waals surface area contributed by atoms with Crippen LogP contribution in [-0.4, -0.2) is 10.2 Å². The maximum Gasteiger partial charge on any atom is 0.217 e. The van der Waals surface area contributed by atoms with Crippen molar-refractivity contribution in [3.05, 3.63) is 22.6 Å². The summed E-state index contributed by atoms with van der Waals surface area (Å²) in [5.74, 6) is 0. The topological polar surface area (TPSA) is 34.1 Å². The highest BCUT2D eigenvalue weighted by molar-refractivity contribution is 8.15. The van der Waals surface area contributed by atoms with Crippen LogP contribution in [0.1, 0.15) is 0 Å². The van der Waals surface area contributed by atoms with Crippen molar-refractivity contribution < 1.29 is 9.59 Å². The van der Waals surface area contributed by atoms with Gasteiger partial charge >= 0.3 is 0 Å². The van der Waals surface area contributed by atoms with Crippen LogP contribution in [0.25, 0.3) is 12.2 Å². The van der Waals surface area contributed by atoms with Crippen LogP contribution in [0.4, 0.5) is 0 Å². The van der Waals surface area contributed by atoms with E-state index in [4.69, 9.17) is 0 Å². The molecule has 0 saturated heterocycles. The normalized spacial score (nSPS) is 17.4. The highest BCUT2D eigenvalue weighted by atomic mass is 32.2. The summed E-state index contributed by atoms with van der Waals surface area (Å²) in [5.41, 5.74) is 0. The molecule has 1 aromatic rings. The van der Waals surface area contributed by atoms with E-state index in [-0.39, 0.29) is 10.2 Å². The van der Waals surface area contributed by atoms with Gasteiger partial charge in [-0.25, -0.2) is 0 Å². The Hall–Kier alpha value is -1.00. The van der Waals surface area contributed by atoms with E-state index in [1.807, 2.05) is 12.1 Å². The molecular weight excluding hydrogens is 216 g/mol. The molecule has 0 amide bonds. The first-order chi connectivity index (χ1) is 6.72. The minimum absolute atomic E-state index is 0.0694. The molecule has 4 heteroatoms. The third-order valence-corrected chi connectivity index (χ3v) is 3.90. The smallest absolute Gasteiger partial charge is 0.217 e. The van der Waals surface area contributed by atoms with Gasteiger partial charge in [0.15, 0.2) is 0 Å². The molecule has 0 atom stereocenters. The summed E-state index contributed by atoms with van der Waals surface area (Å²) >= 11 is 2.45. The highest BCUT2D eigenvalue weighted by Gasteiger charge is 2.17. The number of carbonyl (C=O) groups is 2. The zero-order valence-corrected chi connectivity index (χ0v) is 8.58. The maximum absolute atomic E-state index is 11.1. The molecule has 14 heavy (non-hydrogen) atoms. The van der Waals surface area contributed by atoms with E-state index in [2.05, 4.69) is 0 Å². The Labute approximate surface area is 88.1 Å². The number of fused-ring (bicyclic) bond motifs is 2. The first kappa shape index (κ1) is 8.32.